The molecule has 1 spiro atoms. The number of amides is 6. The standard InChI is InChI=1S/C22H28ClN5O4/c1-15-4-5-16(14-17(15)23)24-20(31)27-12-10-26(11-13-27)18(29)6-9-28-19(30)22(25-21(28)32)7-2-3-8-22/h4-5,14H,2-3,6-13H2,1H3,(H,24,31)(H,25,32). The van der Waals surface area contributed by atoms with E-state index in [2.05, 4.69) is 10.6 Å². The van der Waals surface area contributed by atoms with Gasteiger partial charge in [-0.3, -0.25) is 14.5 Å². The highest BCUT2D eigenvalue weighted by molar-refractivity contribution is 6.31. The van der Waals surface area contributed by atoms with Gasteiger partial charge < -0.3 is 20.4 Å². The minimum atomic E-state index is -0.749. The Morgan fingerprint density at radius 2 is 1.75 bits per heavy atom. The third-order valence-electron chi connectivity index (χ3n) is 6.59. The summed E-state index contributed by atoms with van der Waals surface area (Å²) in [6.45, 7) is 3.60. The van der Waals surface area contributed by atoms with E-state index in [4.69, 9.17) is 11.6 Å². The number of carbonyl (C=O) groups excluding carboxylic acids is 4. The fourth-order valence-electron chi connectivity index (χ4n) is 4.59. The summed E-state index contributed by atoms with van der Waals surface area (Å²) in [6, 6.07) is 4.71. The number of halogens is 1. The molecular weight excluding hydrogens is 434 g/mol. The molecule has 6 amide bonds. The third-order valence-corrected chi connectivity index (χ3v) is 7.00. The lowest BCUT2D eigenvalue weighted by molar-refractivity contribution is -0.134. The number of piperazine rings is 1. The molecule has 3 aliphatic rings. The maximum absolute atomic E-state index is 12.7. The van der Waals surface area contributed by atoms with E-state index < -0.39 is 11.6 Å². The van der Waals surface area contributed by atoms with E-state index in [9.17, 15) is 19.2 Å². The Labute approximate surface area is 192 Å². The molecule has 10 heteroatoms. The molecule has 1 aromatic rings. The van der Waals surface area contributed by atoms with E-state index in [1.54, 1.807) is 21.9 Å². The van der Waals surface area contributed by atoms with Crippen LogP contribution in [0.3, 0.4) is 0 Å². The molecule has 0 bridgehead atoms. The van der Waals surface area contributed by atoms with Gasteiger partial charge in [-0.15, -0.1) is 0 Å². The van der Waals surface area contributed by atoms with Gasteiger partial charge >= 0.3 is 12.1 Å². The molecule has 2 aliphatic heterocycles. The zero-order valence-corrected chi connectivity index (χ0v) is 18.9. The van der Waals surface area contributed by atoms with Gasteiger partial charge in [0.25, 0.3) is 5.91 Å². The Morgan fingerprint density at radius 3 is 2.41 bits per heavy atom. The lowest BCUT2D eigenvalue weighted by atomic mass is 9.98. The molecule has 172 valence electrons. The Morgan fingerprint density at radius 1 is 1.09 bits per heavy atom. The van der Waals surface area contributed by atoms with Crippen LogP contribution in [0.4, 0.5) is 15.3 Å². The van der Waals surface area contributed by atoms with Crippen LogP contribution in [0.25, 0.3) is 0 Å². The van der Waals surface area contributed by atoms with E-state index in [1.807, 2.05) is 13.0 Å². The van der Waals surface area contributed by atoms with Crippen molar-refractivity contribution in [2.45, 2.75) is 44.6 Å². The average Bonchev–Trinajstić information content (AvgIpc) is 3.34. The molecule has 0 atom stereocenters. The number of urea groups is 2. The molecule has 2 saturated heterocycles. The highest BCUT2D eigenvalue weighted by Gasteiger charge is 2.52. The van der Waals surface area contributed by atoms with Crippen molar-refractivity contribution in [3.8, 4) is 0 Å². The van der Waals surface area contributed by atoms with E-state index in [1.165, 1.54) is 4.90 Å². The van der Waals surface area contributed by atoms with Crippen LogP contribution in [0.2, 0.25) is 5.02 Å². The maximum atomic E-state index is 12.7. The fraction of sp³-hybridized carbons (Fsp3) is 0.545. The molecule has 0 radical (unpaired) electrons. The minimum absolute atomic E-state index is 0.0835. The molecular formula is C22H28ClN5O4. The summed E-state index contributed by atoms with van der Waals surface area (Å²) in [5.74, 6) is -0.325. The summed E-state index contributed by atoms with van der Waals surface area (Å²) in [6.07, 6.45) is 3.27. The first-order valence-corrected chi connectivity index (χ1v) is 11.4. The number of anilines is 1. The Kier molecular flexibility index (Phi) is 6.28. The van der Waals surface area contributed by atoms with Gasteiger partial charge in [-0.2, -0.15) is 0 Å². The first-order valence-electron chi connectivity index (χ1n) is 11.0. The minimum Gasteiger partial charge on any atom is -0.339 e. The largest absolute Gasteiger partial charge is 0.339 e. The monoisotopic (exact) mass is 461 g/mol. The van der Waals surface area contributed by atoms with Crippen molar-refractivity contribution in [2.75, 3.05) is 38.0 Å². The number of imide groups is 1. The lowest BCUT2D eigenvalue weighted by Crippen LogP contribution is -2.52. The van der Waals surface area contributed by atoms with Crippen molar-refractivity contribution in [1.29, 1.82) is 0 Å². The third kappa shape index (κ3) is 4.39. The number of nitrogens with zero attached hydrogens (tertiary/aromatic N) is 3. The summed E-state index contributed by atoms with van der Waals surface area (Å²) in [5.41, 5.74) is 0.807. The molecule has 2 heterocycles. The summed E-state index contributed by atoms with van der Waals surface area (Å²) in [7, 11) is 0. The van der Waals surface area contributed by atoms with Crippen LogP contribution in [0.5, 0.6) is 0 Å². The van der Waals surface area contributed by atoms with Gasteiger partial charge in [0.15, 0.2) is 0 Å². The first kappa shape index (κ1) is 22.4. The van der Waals surface area contributed by atoms with Crippen molar-refractivity contribution in [1.82, 2.24) is 20.0 Å². The van der Waals surface area contributed by atoms with Gasteiger partial charge in [0.05, 0.1) is 0 Å². The molecule has 1 aliphatic carbocycles. The van der Waals surface area contributed by atoms with Crippen molar-refractivity contribution >= 4 is 41.2 Å². The van der Waals surface area contributed by atoms with Crippen LogP contribution in [0.1, 0.15) is 37.7 Å². The van der Waals surface area contributed by atoms with Gasteiger partial charge in [-0.1, -0.05) is 30.5 Å². The van der Waals surface area contributed by atoms with Gasteiger partial charge in [0, 0.05) is 49.9 Å². The van der Waals surface area contributed by atoms with Crippen molar-refractivity contribution < 1.29 is 19.2 Å². The van der Waals surface area contributed by atoms with Crippen LogP contribution in [-0.4, -0.2) is 76.8 Å². The molecule has 3 fully saturated rings. The maximum Gasteiger partial charge on any atom is 0.325 e. The lowest BCUT2D eigenvalue weighted by Gasteiger charge is -2.35. The molecule has 1 saturated carbocycles. The highest BCUT2D eigenvalue weighted by atomic mass is 35.5. The summed E-state index contributed by atoms with van der Waals surface area (Å²) < 4.78 is 0. The number of benzene rings is 1. The van der Waals surface area contributed by atoms with Gasteiger partial charge in [0.1, 0.15) is 5.54 Å². The molecule has 9 nitrogen and oxygen atoms in total. The van der Waals surface area contributed by atoms with Crippen LogP contribution in [0, 0.1) is 6.92 Å². The Hall–Kier alpha value is -2.81. The number of hydrogen-bond acceptors (Lipinski definition) is 4. The predicted molar refractivity (Wildman–Crippen MR) is 119 cm³/mol. The zero-order valence-electron chi connectivity index (χ0n) is 18.2. The first-order chi connectivity index (χ1) is 15.3. The number of nitrogens with one attached hydrogen (secondary N) is 2. The smallest absolute Gasteiger partial charge is 0.325 e. The van der Waals surface area contributed by atoms with E-state index in [-0.39, 0.29) is 30.8 Å². The number of hydrogen-bond donors (Lipinski definition) is 2. The zero-order chi connectivity index (χ0) is 22.9. The SMILES string of the molecule is Cc1ccc(NC(=O)N2CCN(C(=O)CCN3C(=O)NC4(CCCC4)C3=O)CC2)cc1Cl. The number of aryl methyl sites for hydroxylation is 1. The second-order valence-electron chi connectivity index (χ2n) is 8.69. The highest BCUT2D eigenvalue weighted by Crippen LogP contribution is 2.35. The average molecular weight is 462 g/mol. The van der Waals surface area contributed by atoms with Gasteiger partial charge in [0.2, 0.25) is 5.91 Å². The van der Waals surface area contributed by atoms with Crippen molar-refractivity contribution in [3.63, 3.8) is 0 Å². The Balaban J connectivity index is 1.24. The molecule has 0 aromatic heterocycles. The van der Waals surface area contributed by atoms with Crippen LogP contribution in [-0.2, 0) is 9.59 Å². The second kappa shape index (κ2) is 8.97. The van der Waals surface area contributed by atoms with Gasteiger partial charge in [-0.25, -0.2) is 9.59 Å². The molecule has 1 aromatic carbocycles. The normalized spacial score (nSPS) is 20.1. The van der Waals surface area contributed by atoms with E-state index >= 15 is 0 Å². The van der Waals surface area contributed by atoms with E-state index in [0.717, 1.165) is 18.4 Å². The summed E-state index contributed by atoms with van der Waals surface area (Å²) in [4.78, 5) is 54.6. The summed E-state index contributed by atoms with van der Waals surface area (Å²) >= 11 is 6.11. The molecule has 4 rings (SSSR count). The Bertz CT molecular complexity index is 938. The quantitative estimate of drug-likeness (QED) is 0.673. The topological polar surface area (TPSA) is 102 Å². The van der Waals surface area contributed by atoms with Crippen LogP contribution < -0.4 is 10.6 Å². The van der Waals surface area contributed by atoms with Gasteiger partial charge in [-0.05, 0) is 37.5 Å². The van der Waals surface area contributed by atoms with E-state index in [0.29, 0.717) is 49.7 Å². The van der Waals surface area contributed by atoms with Crippen LogP contribution >= 0.6 is 11.6 Å². The summed E-state index contributed by atoms with van der Waals surface area (Å²) in [5, 5.41) is 6.25. The predicted octanol–water partition coefficient (Wildman–Crippen LogP) is 2.58. The van der Waals surface area contributed by atoms with Crippen molar-refractivity contribution in [2.24, 2.45) is 0 Å². The molecule has 0 unspecified atom stereocenters. The van der Waals surface area contributed by atoms with Crippen LogP contribution in [0.15, 0.2) is 18.2 Å². The number of carbonyl (C=O) groups is 4. The molecule has 2 N–H and O–H groups in total. The fourth-order valence-corrected chi connectivity index (χ4v) is 4.77. The molecule has 32 heavy (non-hydrogen) atoms. The second-order valence-corrected chi connectivity index (χ2v) is 9.10. The van der Waals surface area contributed by atoms with Crippen molar-refractivity contribution in [3.05, 3.63) is 28.8 Å². The number of rotatable bonds is 4.